The van der Waals surface area contributed by atoms with Crippen LogP contribution in [0.4, 0.5) is 0 Å². The van der Waals surface area contributed by atoms with Gasteiger partial charge in [0.2, 0.25) is 5.91 Å². The van der Waals surface area contributed by atoms with Crippen molar-refractivity contribution in [1.29, 1.82) is 0 Å². The van der Waals surface area contributed by atoms with Crippen LogP contribution in [-0.2, 0) is 14.3 Å². The molecule has 0 bridgehead atoms. The normalized spacial score (nSPS) is 13.4. The van der Waals surface area contributed by atoms with E-state index in [2.05, 4.69) is 50.4 Å². The molecule has 0 aromatic heterocycles. The second-order valence-corrected chi connectivity index (χ2v) is 17.9. The highest BCUT2D eigenvalue weighted by Crippen LogP contribution is 2.18. The van der Waals surface area contributed by atoms with Gasteiger partial charge < -0.3 is 20.3 Å². The highest BCUT2D eigenvalue weighted by Gasteiger charge is 2.24. The van der Waals surface area contributed by atoms with Crippen LogP contribution in [0, 0.1) is 0 Å². The Morgan fingerprint density at radius 2 is 0.814 bits per heavy atom. The van der Waals surface area contributed by atoms with Gasteiger partial charge in [0.15, 0.2) is 0 Å². The summed E-state index contributed by atoms with van der Waals surface area (Å²) < 4.78 is 5.93. The van der Waals surface area contributed by atoms with E-state index in [0.29, 0.717) is 19.3 Å². The zero-order chi connectivity index (χ0) is 43.1. The third-order valence-corrected chi connectivity index (χ3v) is 12.0. The Kier molecular flexibility index (Phi) is 46.1. The van der Waals surface area contributed by atoms with E-state index in [0.717, 1.165) is 70.6 Å². The van der Waals surface area contributed by atoms with Gasteiger partial charge in [-0.1, -0.05) is 212 Å². The van der Waals surface area contributed by atoms with Gasteiger partial charge in [-0.25, -0.2) is 0 Å². The fraction of sp³-hybridized carbons (Fsp3) is 0.887. The summed E-state index contributed by atoms with van der Waals surface area (Å²) in [4.78, 5) is 26.1. The van der Waals surface area contributed by atoms with E-state index in [1.807, 2.05) is 0 Å². The molecule has 3 N–H and O–H groups in total. The molecule has 0 aliphatic heterocycles. The van der Waals surface area contributed by atoms with Crippen molar-refractivity contribution in [2.45, 2.75) is 296 Å². The van der Waals surface area contributed by atoms with Gasteiger partial charge in [-0.3, -0.25) is 9.59 Å². The molecule has 6 heteroatoms. The van der Waals surface area contributed by atoms with Gasteiger partial charge in [-0.15, -0.1) is 0 Å². The van der Waals surface area contributed by atoms with Crippen LogP contribution in [0.5, 0.6) is 0 Å². The zero-order valence-electron chi connectivity index (χ0n) is 39.7. The quantitative estimate of drug-likeness (QED) is 0.0322. The topological polar surface area (TPSA) is 95.9 Å². The molecule has 59 heavy (non-hydrogen) atoms. The summed E-state index contributed by atoms with van der Waals surface area (Å²) in [6, 6.07) is -0.701. The Balaban J connectivity index is 4.57. The van der Waals surface area contributed by atoms with Crippen LogP contribution in [0.25, 0.3) is 0 Å². The van der Waals surface area contributed by atoms with E-state index >= 15 is 0 Å². The number of ether oxygens (including phenoxy) is 1. The van der Waals surface area contributed by atoms with Crippen molar-refractivity contribution in [2.75, 3.05) is 6.61 Å². The lowest BCUT2D eigenvalue weighted by molar-refractivity contribution is -0.151. The lowest BCUT2D eigenvalue weighted by Gasteiger charge is -2.24. The predicted molar refractivity (Wildman–Crippen MR) is 255 cm³/mol. The van der Waals surface area contributed by atoms with Crippen molar-refractivity contribution in [2.24, 2.45) is 0 Å². The summed E-state index contributed by atoms with van der Waals surface area (Å²) >= 11 is 0. The molecule has 3 unspecified atom stereocenters. The number of carbonyl (C=O) groups is 2. The molecule has 0 fully saturated rings. The van der Waals surface area contributed by atoms with Gasteiger partial charge in [0.1, 0.15) is 6.10 Å². The molecule has 0 spiro atoms. The molecule has 1 amide bonds. The summed E-state index contributed by atoms with van der Waals surface area (Å²) in [5.74, 6) is -0.481. The lowest BCUT2D eigenvalue weighted by atomic mass is 10.0. The molecule has 0 rings (SSSR count). The molecular weight excluding hydrogens is 731 g/mol. The average Bonchev–Trinajstić information content (AvgIpc) is 3.23. The van der Waals surface area contributed by atoms with Crippen LogP contribution in [-0.4, -0.2) is 46.9 Å². The summed E-state index contributed by atoms with van der Waals surface area (Å²) in [5, 5.41) is 23.7. The van der Waals surface area contributed by atoms with Crippen molar-refractivity contribution in [3.63, 3.8) is 0 Å². The number of nitrogens with one attached hydrogen (secondary N) is 1. The zero-order valence-corrected chi connectivity index (χ0v) is 39.7. The number of esters is 1. The average molecular weight is 832 g/mol. The predicted octanol–water partition coefficient (Wildman–Crippen LogP) is 15.5. The number of hydrogen-bond donors (Lipinski definition) is 3. The maximum Gasteiger partial charge on any atom is 0.306 e. The van der Waals surface area contributed by atoms with Crippen LogP contribution < -0.4 is 5.32 Å². The first kappa shape index (κ1) is 57.3. The molecule has 6 nitrogen and oxygen atoms in total. The van der Waals surface area contributed by atoms with Gasteiger partial charge >= 0.3 is 5.97 Å². The van der Waals surface area contributed by atoms with Gasteiger partial charge in [0.05, 0.1) is 25.2 Å². The minimum absolute atomic E-state index is 0.0723. The number of amides is 1. The van der Waals surface area contributed by atoms with Crippen molar-refractivity contribution in [3.05, 3.63) is 24.3 Å². The Hall–Kier alpha value is -1.66. The highest BCUT2D eigenvalue weighted by atomic mass is 16.5. The second kappa shape index (κ2) is 47.4. The number of rotatable bonds is 47. The Morgan fingerprint density at radius 3 is 1.20 bits per heavy atom. The molecule has 3 atom stereocenters. The van der Waals surface area contributed by atoms with Crippen LogP contribution in [0.3, 0.4) is 0 Å². The smallest absolute Gasteiger partial charge is 0.306 e. The van der Waals surface area contributed by atoms with Gasteiger partial charge in [-0.05, 0) is 77.0 Å². The van der Waals surface area contributed by atoms with Crippen LogP contribution in [0.15, 0.2) is 24.3 Å². The van der Waals surface area contributed by atoms with E-state index in [1.54, 1.807) is 0 Å². The summed E-state index contributed by atoms with van der Waals surface area (Å²) in [6.45, 7) is 6.47. The van der Waals surface area contributed by atoms with Crippen LogP contribution in [0.2, 0.25) is 0 Å². The number of unbranched alkanes of at least 4 members (excludes halogenated alkanes) is 31. The molecule has 0 aromatic rings. The molecule has 0 saturated carbocycles. The molecule has 0 radical (unpaired) electrons. The van der Waals surface area contributed by atoms with Gasteiger partial charge in [0.25, 0.3) is 0 Å². The summed E-state index contributed by atoms with van der Waals surface area (Å²) in [6.07, 6.45) is 53.8. The minimum atomic E-state index is -0.786. The Bertz CT molecular complexity index is 935. The van der Waals surface area contributed by atoms with Crippen molar-refractivity contribution >= 4 is 11.9 Å². The maximum atomic E-state index is 13.2. The molecule has 0 heterocycles. The van der Waals surface area contributed by atoms with Gasteiger partial charge in [-0.2, -0.15) is 0 Å². The summed E-state index contributed by atoms with van der Waals surface area (Å²) in [5.41, 5.74) is 0. The number of aliphatic hydroxyl groups is 2. The molecular formula is C53H101NO5. The first-order chi connectivity index (χ1) is 29.0. The fourth-order valence-corrected chi connectivity index (χ4v) is 8.01. The minimum Gasteiger partial charge on any atom is -0.462 e. The van der Waals surface area contributed by atoms with Gasteiger partial charge in [0, 0.05) is 6.42 Å². The second-order valence-electron chi connectivity index (χ2n) is 17.9. The number of aliphatic hydroxyl groups excluding tert-OH is 2. The summed E-state index contributed by atoms with van der Waals surface area (Å²) in [7, 11) is 0. The fourth-order valence-electron chi connectivity index (χ4n) is 8.01. The maximum absolute atomic E-state index is 13.2. The highest BCUT2D eigenvalue weighted by molar-refractivity contribution is 5.77. The Labute approximate surface area is 367 Å². The van der Waals surface area contributed by atoms with Crippen LogP contribution in [0.1, 0.15) is 278 Å². The number of allylic oxidation sites excluding steroid dienone is 4. The largest absolute Gasteiger partial charge is 0.462 e. The van der Waals surface area contributed by atoms with Crippen molar-refractivity contribution < 1.29 is 24.5 Å². The number of hydrogen-bond acceptors (Lipinski definition) is 5. The molecule has 0 saturated heterocycles. The molecule has 0 aliphatic rings. The van der Waals surface area contributed by atoms with E-state index < -0.39 is 18.2 Å². The third kappa shape index (κ3) is 42.8. The van der Waals surface area contributed by atoms with E-state index in [-0.39, 0.29) is 24.9 Å². The molecule has 0 aliphatic carbocycles. The first-order valence-electron chi connectivity index (χ1n) is 26.1. The van der Waals surface area contributed by atoms with Crippen LogP contribution >= 0.6 is 0 Å². The van der Waals surface area contributed by atoms with E-state index in [1.165, 1.54) is 161 Å². The molecule has 348 valence electrons. The van der Waals surface area contributed by atoms with Crippen molar-refractivity contribution in [3.8, 4) is 0 Å². The lowest BCUT2D eigenvalue weighted by Crippen LogP contribution is -2.46. The van der Waals surface area contributed by atoms with E-state index in [4.69, 9.17) is 4.74 Å². The van der Waals surface area contributed by atoms with E-state index in [9.17, 15) is 19.8 Å². The standard InChI is InChI=1S/C53H101NO5/c1-4-7-10-13-16-19-21-23-25-27-29-31-34-37-40-43-46-53(58)59-49(44-41-38-35-33-30-28-26-24-22-20-17-14-11-8-5-2)47-52(57)54-50(48-55)51(56)45-42-39-36-32-18-15-12-9-6-3/h24-27,49-51,55-56H,4-23,28-48H2,1-3H3,(H,54,57)/b26-24+,27-25+. The Morgan fingerprint density at radius 1 is 0.475 bits per heavy atom. The number of carbonyl (C=O) groups excluding carboxylic acids is 2. The molecule has 0 aromatic carbocycles. The van der Waals surface area contributed by atoms with Crippen molar-refractivity contribution in [1.82, 2.24) is 5.32 Å². The third-order valence-electron chi connectivity index (χ3n) is 12.0. The monoisotopic (exact) mass is 832 g/mol. The first-order valence-corrected chi connectivity index (χ1v) is 26.1. The SMILES string of the molecule is CCCCCCCC/C=C/CCCCCCCC(CC(=O)NC(CO)C(O)CCCCCCCCCCC)OC(=O)CCCCCCC/C=C/CCCCCCCCC.